The first-order valence-corrected chi connectivity index (χ1v) is 6.14. The standard InChI is InChI=1S/C14H16O3/c15-13(16)14(5-2-6-14)12-4-1-3-10(7-12)11-8-17-9-11/h1,3-4,7,11H,2,5-6,8-9H2,(H,15,16). The monoisotopic (exact) mass is 232 g/mol. The fraction of sp³-hybridized carbons (Fsp3) is 0.500. The predicted octanol–water partition coefficient (Wildman–Crippen LogP) is 2.31. The Balaban J connectivity index is 1.94. The van der Waals surface area contributed by atoms with Gasteiger partial charge in [0, 0.05) is 5.92 Å². The van der Waals surface area contributed by atoms with Gasteiger partial charge in [-0.1, -0.05) is 30.7 Å². The van der Waals surface area contributed by atoms with Crippen LogP contribution in [0.25, 0.3) is 0 Å². The van der Waals surface area contributed by atoms with E-state index < -0.39 is 11.4 Å². The molecule has 1 aliphatic carbocycles. The van der Waals surface area contributed by atoms with Crippen molar-refractivity contribution in [2.45, 2.75) is 30.6 Å². The maximum absolute atomic E-state index is 11.4. The Labute approximate surface area is 100 Å². The molecule has 3 rings (SSSR count). The van der Waals surface area contributed by atoms with E-state index in [4.69, 9.17) is 4.74 Å². The van der Waals surface area contributed by atoms with E-state index in [2.05, 4.69) is 12.1 Å². The molecular weight excluding hydrogens is 216 g/mol. The fourth-order valence-electron chi connectivity index (χ4n) is 2.67. The van der Waals surface area contributed by atoms with Gasteiger partial charge in [-0.15, -0.1) is 0 Å². The van der Waals surface area contributed by atoms with Crippen molar-refractivity contribution in [3.8, 4) is 0 Å². The summed E-state index contributed by atoms with van der Waals surface area (Å²) in [4.78, 5) is 11.4. The van der Waals surface area contributed by atoms with Crippen LogP contribution in [-0.2, 0) is 14.9 Å². The zero-order valence-electron chi connectivity index (χ0n) is 9.69. The molecule has 1 saturated carbocycles. The van der Waals surface area contributed by atoms with E-state index in [0.29, 0.717) is 5.92 Å². The van der Waals surface area contributed by atoms with Crippen LogP contribution in [0.1, 0.15) is 36.3 Å². The first kappa shape index (κ1) is 10.8. The van der Waals surface area contributed by atoms with Gasteiger partial charge in [0.05, 0.1) is 18.6 Å². The second kappa shape index (κ2) is 3.84. The molecule has 0 aromatic heterocycles. The second-order valence-electron chi connectivity index (χ2n) is 5.10. The lowest BCUT2D eigenvalue weighted by molar-refractivity contribution is -0.147. The minimum Gasteiger partial charge on any atom is -0.481 e. The van der Waals surface area contributed by atoms with E-state index in [1.165, 1.54) is 5.56 Å². The van der Waals surface area contributed by atoms with Gasteiger partial charge in [0.2, 0.25) is 0 Å². The van der Waals surface area contributed by atoms with Crippen molar-refractivity contribution in [3.05, 3.63) is 35.4 Å². The Morgan fingerprint density at radius 1 is 1.35 bits per heavy atom. The van der Waals surface area contributed by atoms with Crippen LogP contribution in [0.3, 0.4) is 0 Å². The van der Waals surface area contributed by atoms with Gasteiger partial charge in [-0.2, -0.15) is 0 Å². The topological polar surface area (TPSA) is 46.5 Å². The number of hydrogen-bond donors (Lipinski definition) is 1. The molecule has 0 amide bonds. The average molecular weight is 232 g/mol. The highest BCUT2D eigenvalue weighted by molar-refractivity contribution is 5.82. The van der Waals surface area contributed by atoms with E-state index in [1.54, 1.807) is 0 Å². The predicted molar refractivity (Wildman–Crippen MR) is 63.2 cm³/mol. The molecule has 90 valence electrons. The molecule has 1 heterocycles. The molecule has 0 spiro atoms. The molecule has 17 heavy (non-hydrogen) atoms. The molecular formula is C14H16O3. The number of aliphatic carboxylic acids is 1. The highest BCUT2D eigenvalue weighted by atomic mass is 16.5. The Morgan fingerprint density at radius 3 is 2.59 bits per heavy atom. The van der Waals surface area contributed by atoms with Crippen molar-refractivity contribution in [2.75, 3.05) is 13.2 Å². The quantitative estimate of drug-likeness (QED) is 0.869. The third kappa shape index (κ3) is 1.57. The summed E-state index contributed by atoms with van der Waals surface area (Å²) in [6.45, 7) is 1.53. The summed E-state index contributed by atoms with van der Waals surface area (Å²) in [5.41, 5.74) is 1.59. The Morgan fingerprint density at radius 2 is 2.12 bits per heavy atom. The summed E-state index contributed by atoms with van der Waals surface area (Å²) in [6.07, 6.45) is 2.56. The molecule has 1 aromatic carbocycles. The third-order valence-electron chi connectivity index (χ3n) is 4.17. The van der Waals surface area contributed by atoms with Crippen LogP contribution < -0.4 is 0 Å². The summed E-state index contributed by atoms with van der Waals surface area (Å²) in [7, 11) is 0. The van der Waals surface area contributed by atoms with Crippen LogP contribution in [0.2, 0.25) is 0 Å². The van der Waals surface area contributed by atoms with E-state index in [9.17, 15) is 9.90 Å². The first-order chi connectivity index (χ1) is 8.22. The lowest BCUT2D eigenvalue weighted by Gasteiger charge is -2.38. The van der Waals surface area contributed by atoms with Gasteiger partial charge in [0.25, 0.3) is 0 Å². The lowest BCUT2D eigenvalue weighted by atomic mass is 9.64. The highest BCUT2D eigenvalue weighted by Crippen LogP contribution is 2.44. The molecule has 1 saturated heterocycles. The smallest absolute Gasteiger partial charge is 0.314 e. The second-order valence-corrected chi connectivity index (χ2v) is 5.10. The zero-order chi connectivity index (χ0) is 11.9. The number of rotatable bonds is 3. The molecule has 2 fully saturated rings. The number of ether oxygens (including phenoxy) is 1. The molecule has 0 bridgehead atoms. The van der Waals surface area contributed by atoms with Crippen molar-refractivity contribution in [1.82, 2.24) is 0 Å². The van der Waals surface area contributed by atoms with Gasteiger partial charge in [-0.05, 0) is 24.0 Å². The van der Waals surface area contributed by atoms with Crippen molar-refractivity contribution >= 4 is 5.97 Å². The van der Waals surface area contributed by atoms with Crippen molar-refractivity contribution in [1.29, 1.82) is 0 Å². The first-order valence-electron chi connectivity index (χ1n) is 6.14. The maximum atomic E-state index is 11.4. The summed E-state index contributed by atoms with van der Waals surface area (Å²) < 4.78 is 5.19. The molecule has 0 unspecified atom stereocenters. The number of benzene rings is 1. The van der Waals surface area contributed by atoms with Gasteiger partial charge in [-0.25, -0.2) is 0 Å². The van der Waals surface area contributed by atoms with E-state index in [1.807, 2.05) is 12.1 Å². The van der Waals surface area contributed by atoms with Crippen LogP contribution >= 0.6 is 0 Å². The molecule has 1 aliphatic heterocycles. The van der Waals surface area contributed by atoms with Crippen LogP contribution in [0.4, 0.5) is 0 Å². The van der Waals surface area contributed by atoms with Crippen LogP contribution in [0.5, 0.6) is 0 Å². The molecule has 1 aromatic rings. The van der Waals surface area contributed by atoms with Crippen LogP contribution in [-0.4, -0.2) is 24.3 Å². The van der Waals surface area contributed by atoms with Crippen molar-refractivity contribution in [2.24, 2.45) is 0 Å². The molecule has 0 radical (unpaired) electrons. The van der Waals surface area contributed by atoms with Gasteiger partial charge in [0.15, 0.2) is 0 Å². The number of carboxylic acids is 1. The summed E-state index contributed by atoms with van der Waals surface area (Å²) in [5.74, 6) is -0.216. The highest BCUT2D eigenvalue weighted by Gasteiger charge is 2.46. The lowest BCUT2D eigenvalue weighted by Crippen LogP contribution is -2.42. The number of carboxylic acid groups (broad SMARTS) is 1. The Hall–Kier alpha value is -1.35. The molecule has 3 heteroatoms. The normalized spacial score (nSPS) is 22.6. The maximum Gasteiger partial charge on any atom is 0.314 e. The zero-order valence-corrected chi connectivity index (χ0v) is 9.69. The van der Waals surface area contributed by atoms with E-state index >= 15 is 0 Å². The molecule has 3 nitrogen and oxygen atoms in total. The summed E-state index contributed by atoms with van der Waals surface area (Å²) >= 11 is 0. The van der Waals surface area contributed by atoms with Crippen molar-refractivity contribution in [3.63, 3.8) is 0 Å². The SMILES string of the molecule is O=C(O)C1(c2cccc(C3COC3)c2)CCC1. The van der Waals surface area contributed by atoms with E-state index in [-0.39, 0.29) is 0 Å². The number of carbonyl (C=O) groups is 1. The summed E-state index contributed by atoms with van der Waals surface area (Å²) in [6, 6.07) is 8.08. The molecule has 0 atom stereocenters. The minimum absolute atomic E-state index is 0.459. The molecule has 2 aliphatic rings. The number of hydrogen-bond acceptors (Lipinski definition) is 2. The van der Waals surface area contributed by atoms with Crippen molar-refractivity contribution < 1.29 is 14.6 Å². The average Bonchev–Trinajstić information content (AvgIpc) is 2.12. The van der Waals surface area contributed by atoms with Gasteiger partial charge >= 0.3 is 5.97 Å². The molecule has 1 N–H and O–H groups in total. The largest absolute Gasteiger partial charge is 0.481 e. The van der Waals surface area contributed by atoms with Gasteiger partial charge < -0.3 is 9.84 Å². The van der Waals surface area contributed by atoms with Gasteiger partial charge in [-0.3, -0.25) is 4.79 Å². The van der Waals surface area contributed by atoms with Crippen LogP contribution in [0, 0.1) is 0 Å². The minimum atomic E-state index is -0.675. The fourth-order valence-corrected chi connectivity index (χ4v) is 2.67. The Kier molecular flexibility index (Phi) is 2.44. The Bertz CT molecular complexity index is 445. The van der Waals surface area contributed by atoms with Crippen LogP contribution in [0.15, 0.2) is 24.3 Å². The van der Waals surface area contributed by atoms with E-state index in [0.717, 1.165) is 38.0 Å². The third-order valence-corrected chi connectivity index (χ3v) is 4.17. The van der Waals surface area contributed by atoms with Gasteiger partial charge in [0.1, 0.15) is 0 Å². The summed E-state index contributed by atoms with van der Waals surface area (Å²) in [5, 5.41) is 9.41.